The van der Waals surface area contributed by atoms with E-state index in [2.05, 4.69) is 0 Å². The number of hydrogen-bond acceptors (Lipinski definition) is 5. The van der Waals surface area contributed by atoms with Crippen molar-refractivity contribution in [3.8, 4) is 0 Å². The molecular weight excluding hydrogens is 236 g/mol. The second kappa shape index (κ2) is 7.07. The van der Waals surface area contributed by atoms with Crippen molar-refractivity contribution in [2.45, 2.75) is 18.1 Å². The normalized spacial score (nSPS) is 17.4. The second-order valence-electron chi connectivity index (χ2n) is 2.77. The lowest BCUT2D eigenvalue weighted by molar-refractivity contribution is -0.140. The summed E-state index contributed by atoms with van der Waals surface area (Å²) in [5, 5.41) is 18.4. The molecule has 92 valence electrons. The SMILES string of the molecule is [2H]C([2H])([2H])C(=O)N[C@@H](CSC(CO)C(N)=O)C(=O)O. The number of amides is 2. The average Bonchev–Trinajstić information content (AvgIpc) is 2.25. The van der Waals surface area contributed by atoms with Crippen molar-refractivity contribution in [1.29, 1.82) is 0 Å². The Bertz CT molecular complexity index is 363. The summed E-state index contributed by atoms with van der Waals surface area (Å²) in [6.07, 6.45) is 0. The molecular formula is C8H14N2O5S. The van der Waals surface area contributed by atoms with Crippen LogP contribution in [-0.2, 0) is 14.4 Å². The summed E-state index contributed by atoms with van der Waals surface area (Å²) >= 11 is 0.715. The molecule has 0 saturated carbocycles. The molecule has 2 amide bonds. The number of carboxylic acids is 1. The molecule has 0 heterocycles. The first-order valence-electron chi connectivity index (χ1n) is 5.65. The first-order valence-corrected chi connectivity index (χ1v) is 5.20. The third-order valence-electron chi connectivity index (χ3n) is 1.55. The van der Waals surface area contributed by atoms with Crippen LogP contribution in [0.1, 0.15) is 11.0 Å². The van der Waals surface area contributed by atoms with E-state index < -0.39 is 42.5 Å². The lowest BCUT2D eigenvalue weighted by atomic mass is 10.3. The highest BCUT2D eigenvalue weighted by atomic mass is 32.2. The number of rotatable bonds is 7. The van der Waals surface area contributed by atoms with Gasteiger partial charge in [0.2, 0.25) is 11.8 Å². The van der Waals surface area contributed by atoms with E-state index in [4.69, 9.17) is 20.1 Å². The number of nitrogens with one attached hydrogen (secondary N) is 1. The van der Waals surface area contributed by atoms with Crippen LogP contribution in [0.5, 0.6) is 0 Å². The van der Waals surface area contributed by atoms with Crippen molar-refractivity contribution in [3.05, 3.63) is 0 Å². The van der Waals surface area contributed by atoms with E-state index in [1.807, 2.05) is 5.32 Å². The Balaban J connectivity index is 4.56. The highest BCUT2D eigenvalue weighted by Gasteiger charge is 2.22. The minimum atomic E-state index is -2.96. The molecule has 0 radical (unpaired) electrons. The van der Waals surface area contributed by atoms with Crippen LogP contribution >= 0.6 is 11.8 Å². The third kappa shape index (κ3) is 5.56. The predicted molar refractivity (Wildman–Crippen MR) is 57.8 cm³/mol. The van der Waals surface area contributed by atoms with Crippen molar-refractivity contribution >= 4 is 29.5 Å². The summed E-state index contributed by atoms with van der Waals surface area (Å²) in [4.78, 5) is 32.8. The average molecular weight is 253 g/mol. The number of aliphatic carboxylic acids is 1. The van der Waals surface area contributed by atoms with Gasteiger partial charge in [-0.3, -0.25) is 9.59 Å². The molecule has 0 spiro atoms. The maximum Gasteiger partial charge on any atom is 0.327 e. The van der Waals surface area contributed by atoms with Gasteiger partial charge in [-0.1, -0.05) is 0 Å². The number of aliphatic hydroxyl groups is 1. The van der Waals surface area contributed by atoms with Crippen LogP contribution in [-0.4, -0.2) is 51.6 Å². The number of aliphatic hydroxyl groups excluding tert-OH is 1. The van der Waals surface area contributed by atoms with Crippen molar-refractivity contribution in [1.82, 2.24) is 5.32 Å². The highest BCUT2D eigenvalue weighted by molar-refractivity contribution is 8.00. The molecule has 1 unspecified atom stereocenters. The molecule has 0 aromatic heterocycles. The van der Waals surface area contributed by atoms with Gasteiger partial charge in [-0.2, -0.15) is 0 Å². The van der Waals surface area contributed by atoms with E-state index in [-0.39, 0.29) is 5.75 Å². The van der Waals surface area contributed by atoms with Gasteiger partial charge in [-0.15, -0.1) is 11.8 Å². The molecule has 0 aliphatic rings. The zero-order valence-corrected chi connectivity index (χ0v) is 8.99. The quantitative estimate of drug-likeness (QED) is 0.421. The highest BCUT2D eigenvalue weighted by Crippen LogP contribution is 2.11. The van der Waals surface area contributed by atoms with Gasteiger partial charge in [0.15, 0.2) is 0 Å². The fourth-order valence-corrected chi connectivity index (χ4v) is 1.69. The fourth-order valence-electron chi connectivity index (χ4n) is 0.770. The number of primary amides is 1. The zero-order chi connectivity index (χ0) is 15.2. The van der Waals surface area contributed by atoms with Crippen molar-refractivity contribution in [3.63, 3.8) is 0 Å². The summed E-state index contributed by atoms with van der Waals surface area (Å²) < 4.78 is 20.4. The summed E-state index contributed by atoms with van der Waals surface area (Å²) in [5.41, 5.74) is 4.94. The molecule has 7 nitrogen and oxygen atoms in total. The molecule has 0 aliphatic carbocycles. The summed E-state index contributed by atoms with van der Waals surface area (Å²) in [7, 11) is 0. The van der Waals surface area contributed by atoms with Crippen LogP contribution < -0.4 is 11.1 Å². The number of thioether (sulfide) groups is 1. The van der Waals surface area contributed by atoms with Gasteiger partial charge in [-0.25, -0.2) is 4.79 Å². The largest absolute Gasteiger partial charge is 0.480 e. The minimum Gasteiger partial charge on any atom is -0.480 e. The van der Waals surface area contributed by atoms with Gasteiger partial charge in [0.1, 0.15) is 11.3 Å². The Kier molecular flexibility index (Phi) is 4.38. The second-order valence-corrected chi connectivity index (χ2v) is 4.01. The van der Waals surface area contributed by atoms with Crippen LogP contribution in [0.3, 0.4) is 0 Å². The fraction of sp³-hybridized carbons (Fsp3) is 0.625. The predicted octanol–water partition coefficient (Wildman–Crippen LogP) is -1.84. The summed E-state index contributed by atoms with van der Waals surface area (Å²) in [6, 6.07) is -1.49. The van der Waals surface area contributed by atoms with Gasteiger partial charge in [-0.05, 0) is 0 Å². The number of carbonyl (C=O) groups excluding carboxylic acids is 2. The van der Waals surface area contributed by atoms with Crippen LogP contribution in [0.4, 0.5) is 0 Å². The number of carbonyl (C=O) groups is 3. The van der Waals surface area contributed by atoms with Gasteiger partial charge in [0.05, 0.1) is 6.61 Å². The Hall–Kier alpha value is -1.28. The molecule has 0 rings (SSSR count). The van der Waals surface area contributed by atoms with E-state index in [1.54, 1.807) is 0 Å². The lowest BCUT2D eigenvalue weighted by Crippen LogP contribution is -2.42. The lowest BCUT2D eigenvalue weighted by Gasteiger charge is -2.15. The molecule has 0 aliphatic heterocycles. The molecule has 0 bridgehead atoms. The van der Waals surface area contributed by atoms with Crippen LogP contribution in [0.2, 0.25) is 0 Å². The Morgan fingerprint density at radius 1 is 1.56 bits per heavy atom. The number of carboxylic acid groups (broad SMARTS) is 1. The van der Waals surface area contributed by atoms with E-state index in [0.717, 1.165) is 0 Å². The first kappa shape index (κ1) is 9.91. The number of hydrogen-bond donors (Lipinski definition) is 4. The monoisotopic (exact) mass is 253 g/mol. The van der Waals surface area contributed by atoms with Gasteiger partial charge in [0, 0.05) is 16.7 Å². The molecule has 8 heteroatoms. The zero-order valence-electron chi connectivity index (χ0n) is 11.2. The molecule has 0 saturated heterocycles. The Labute approximate surface area is 101 Å². The van der Waals surface area contributed by atoms with E-state index in [0.29, 0.717) is 11.8 Å². The molecule has 0 fully saturated rings. The smallest absolute Gasteiger partial charge is 0.327 e. The topological polar surface area (TPSA) is 130 Å². The summed E-state index contributed by atoms with van der Waals surface area (Å²) in [6.45, 7) is -3.54. The van der Waals surface area contributed by atoms with E-state index in [1.165, 1.54) is 0 Å². The molecule has 2 atom stereocenters. The number of nitrogens with two attached hydrogens (primary N) is 1. The van der Waals surface area contributed by atoms with Crippen LogP contribution in [0.25, 0.3) is 0 Å². The van der Waals surface area contributed by atoms with Crippen molar-refractivity contribution in [2.75, 3.05) is 12.4 Å². The standard InChI is InChI=1S/C8H14N2O5S/c1-4(12)10-5(8(14)15)3-16-6(2-11)7(9)13/h5-6,11H,2-3H2,1H3,(H2,9,13)(H,10,12)(H,14,15)/t5-,6?/m0/s1/i1D3. The Morgan fingerprint density at radius 2 is 2.19 bits per heavy atom. The van der Waals surface area contributed by atoms with E-state index >= 15 is 0 Å². The minimum absolute atomic E-state index is 0.300. The van der Waals surface area contributed by atoms with Gasteiger partial charge >= 0.3 is 5.97 Å². The third-order valence-corrected chi connectivity index (χ3v) is 2.86. The van der Waals surface area contributed by atoms with Crippen LogP contribution in [0.15, 0.2) is 0 Å². The molecule has 16 heavy (non-hydrogen) atoms. The molecule has 0 aromatic carbocycles. The Morgan fingerprint density at radius 3 is 2.56 bits per heavy atom. The maximum atomic E-state index is 11.1. The molecule has 0 aromatic rings. The van der Waals surface area contributed by atoms with Gasteiger partial charge < -0.3 is 21.3 Å². The van der Waals surface area contributed by atoms with Crippen LogP contribution in [0, 0.1) is 0 Å². The maximum absolute atomic E-state index is 11.1. The van der Waals surface area contributed by atoms with Crippen molar-refractivity contribution in [2.24, 2.45) is 5.73 Å². The van der Waals surface area contributed by atoms with E-state index in [9.17, 15) is 14.4 Å². The summed E-state index contributed by atoms with van der Waals surface area (Å²) in [5.74, 6) is -3.99. The van der Waals surface area contributed by atoms with Gasteiger partial charge in [0.25, 0.3) is 0 Å². The van der Waals surface area contributed by atoms with Crippen molar-refractivity contribution < 1.29 is 28.7 Å². The molecule has 5 N–H and O–H groups in total. The first-order chi connectivity index (χ1) is 8.59.